The van der Waals surface area contributed by atoms with E-state index in [0.717, 1.165) is 0 Å². The smallest absolute Gasteiger partial charge is 1.00 e. The molecule has 0 aliphatic heterocycles. The number of hydrogen-bond acceptors (Lipinski definition) is 10. The average molecular weight is 359 g/mol. The molecule has 0 heterocycles. The summed E-state index contributed by atoms with van der Waals surface area (Å²) in [5, 5.41) is 18.5. The molecule has 0 atom stereocenters. The summed E-state index contributed by atoms with van der Waals surface area (Å²) in [5.41, 5.74) is 6.83. The number of rotatable bonds is 7. The number of carboxylic acids is 1. The van der Waals surface area contributed by atoms with E-state index in [2.05, 4.69) is 9.47 Å². The fourth-order valence-electron chi connectivity index (χ4n) is 1.10. The minimum atomic E-state index is -2.90. The standard InChI is InChI=1S/C10H14N2O9.2Mg.4H/c11-3-7(15)20-5(13)1-10(19,9(17)18)2-6(14)21-8(16)4-12;;;;;;/h19H,1-4,11-12H2,(H,17,18);;;;;;/q;2*+2;4*-1. The Morgan fingerprint density at radius 2 is 1.13 bits per heavy atom. The molecule has 0 aliphatic rings. The largest absolute Gasteiger partial charge is 2.00 e. The van der Waals surface area contributed by atoms with Crippen LogP contribution in [0.25, 0.3) is 0 Å². The molecule has 13 heteroatoms. The van der Waals surface area contributed by atoms with E-state index in [1.807, 2.05) is 0 Å². The van der Waals surface area contributed by atoms with Crippen LogP contribution in [0, 0.1) is 0 Å². The molecular weight excluding hydrogens is 341 g/mol. The van der Waals surface area contributed by atoms with Crippen LogP contribution in [0.2, 0.25) is 0 Å². The molecule has 0 aromatic heterocycles. The van der Waals surface area contributed by atoms with E-state index in [9.17, 15) is 29.1 Å². The van der Waals surface area contributed by atoms with Gasteiger partial charge in [0.2, 0.25) is 0 Å². The summed E-state index contributed by atoms with van der Waals surface area (Å²) < 4.78 is 8.13. The Morgan fingerprint density at radius 3 is 1.35 bits per heavy atom. The van der Waals surface area contributed by atoms with Crippen molar-refractivity contribution in [2.75, 3.05) is 13.1 Å². The summed E-state index contributed by atoms with van der Waals surface area (Å²) in [6, 6.07) is 0. The third-order valence-corrected chi connectivity index (χ3v) is 2.06. The quantitative estimate of drug-likeness (QED) is 0.198. The fourth-order valence-corrected chi connectivity index (χ4v) is 1.10. The molecule has 0 amide bonds. The maximum atomic E-state index is 11.2. The van der Waals surface area contributed by atoms with Gasteiger partial charge in [-0.1, -0.05) is 0 Å². The van der Waals surface area contributed by atoms with Crippen LogP contribution in [-0.2, 0) is 33.4 Å². The van der Waals surface area contributed by atoms with Gasteiger partial charge in [0.25, 0.3) is 0 Å². The number of carboxylic acid groups (broad SMARTS) is 1. The van der Waals surface area contributed by atoms with E-state index in [-0.39, 0.29) is 51.8 Å². The summed E-state index contributed by atoms with van der Waals surface area (Å²) in [6.45, 7) is -1.27. The van der Waals surface area contributed by atoms with Gasteiger partial charge >= 0.3 is 76.0 Å². The number of aliphatic hydroxyl groups is 1. The molecule has 0 rings (SSSR count). The zero-order valence-electron chi connectivity index (χ0n) is 16.1. The Morgan fingerprint density at radius 1 is 0.826 bits per heavy atom. The predicted molar refractivity (Wildman–Crippen MR) is 78.1 cm³/mol. The van der Waals surface area contributed by atoms with Crippen LogP contribution in [0.4, 0.5) is 0 Å². The van der Waals surface area contributed by atoms with Crippen molar-refractivity contribution >= 4 is 76.0 Å². The molecule has 0 bridgehead atoms. The van der Waals surface area contributed by atoms with Crippen molar-refractivity contribution in [2.24, 2.45) is 11.5 Å². The van der Waals surface area contributed by atoms with Crippen LogP contribution in [-0.4, -0.2) is 105 Å². The number of nitrogens with two attached hydrogens (primary N) is 2. The van der Waals surface area contributed by atoms with Gasteiger partial charge in [0.15, 0.2) is 5.60 Å². The number of esters is 4. The van der Waals surface area contributed by atoms with Gasteiger partial charge in [-0.3, -0.25) is 19.2 Å². The molecule has 0 spiro atoms. The first-order valence-electron chi connectivity index (χ1n) is 5.47. The maximum absolute atomic E-state index is 11.2. The van der Waals surface area contributed by atoms with E-state index in [0.29, 0.717) is 0 Å². The summed E-state index contributed by atoms with van der Waals surface area (Å²) in [4.78, 5) is 54.9. The first-order valence-corrected chi connectivity index (χ1v) is 5.47. The Hall–Kier alpha value is -0.838. The summed E-state index contributed by atoms with van der Waals surface area (Å²) >= 11 is 0. The Labute approximate surface area is 168 Å². The van der Waals surface area contributed by atoms with Crippen LogP contribution in [0.3, 0.4) is 0 Å². The second kappa shape index (κ2) is 12.6. The topological polar surface area (TPSA) is 196 Å². The van der Waals surface area contributed by atoms with E-state index in [1.165, 1.54) is 0 Å². The maximum Gasteiger partial charge on any atom is 2.00 e. The molecule has 23 heavy (non-hydrogen) atoms. The predicted octanol–water partition coefficient (Wildman–Crippen LogP) is -3.67. The van der Waals surface area contributed by atoms with Crippen molar-refractivity contribution in [3.05, 3.63) is 0 Å². The summed E-state index contributed by atoms with van der Waals surface area (Å²) in [6.07, 6.45) is -2.44. The molecule has 126 valence electrons. The van der Waals surface area contributed by atoms with Gasteiger partial charge in [0, 0.05) is 0 Å². The molecule has 0 unspecified atom stereocenters. The normalized spacial score (nSPS) is 9.70. The molecule has 0 radical (unpaired) electrons. The van der Waals surface area contributed by atoms with Crippen LogP contribution in [0.15, 0.2) is 0 Å². The number of carbonyl (C=O) groups is 5. The van der Waals surface area contributed by atoms with Crippen molar-refractivity contribution in [1.82, 2.24) is 0 Å². The molecule has 11 nitrogen and oxygen atoms in total. The Bertz CT molecular complexity index is 454. The van der Waals surface area contributed by atoms with Gasteiger partial charge in [-0.2, -0.15) is 0 Å². The molecule has 0 aromatic rings. The zero-order valence-corrected chi connectivity index (χ0v) is 15.0. The third kappa shape index (κ3) is 10.5. The summed E-state index contributed by atoms with van der Waals surface area (Å²) in [7, 11) is 0. The molecule has 6 N–H and O–H groups in total. The average Bonchev–Trinajstić information content (AvgIpc) is 2.37. The zero-order chi connectivity index (χ0) is 16.6. The number of ether oxygens (including phenoxy) is 2. The van der Waals surface area contributed by atoms with Crippen molar-refractivity contribution in [3.63, 3.8) is 0 Å². The van der Waals surface area contributed by atoms with Gasteiger partial charge in [-0.25, -0.2) is 4.79 Å². The Balaban J connectivity index is -0.000000133. The molecule has 0 saturated heterocycles. The number of hydrogen-bond donors (Lipinski definition) is 4. The third-order valence-electron chi connectivity index (χ3n) is 2.06. The molecular formula is C10H18Mg2N2O9. The van der Waals surface area contributed by atoms with Gasteiger partial charge in [0.1, 0.15) is 0 Å². The molecule has 0 saturated carbocycles. The minimum absolute atomic E-state index is 0. The monoisotopic (exact) mass is 358 g/mol. The van der Waals surface area contributed by atoms with Gasteiger partial charge in [0.05, 0.1) is 25.9 Å². The van der Waals surface area contributed by atoms with Gasteiger partial charge < -0.3 is 36.9 Å². The molecule has 0 fully saturated rings. The Kier molecular flexibility index (Phi) is 14.8. The second-order valence-electron chi connectivity index (χ2n) is 3.79. The van der Waals surface area contributed by atoms with E-state index < -0.39 is 61.4 Å². The van der Waals surface area contributed by atoms with Crippen molar-refractivity contribution in [1.29, 1.82) is 0 Å². The van der Waals surface area contributed by atoms with E-state index in [4.69, 9.17) is 16.6 Å². The first kappa shape index (κ1) is 27.0. The van der Waals surface area contributed by atoms with E-state index >= 15 is 0 Å². The second-order valence-corrected chi connectivity index (χ2v) is 3.79. The van der Waals surface area contributed by atoms with Crippen molar-refractivity contribution < 1.29 is 49.4 Å². The van der Waals surface area contributed by atoms with Gasteiger partial charge in [-0.05, 0) is 0 Å². The molecule has 0 aromatic carbocycles. The van der Waals surface area contributed by atoms with E-state index in [1.54, 1.807) is 0 Å². The SMILES string of the molecule is NCC(=O)OC(=O)CC(O)(CC(=O)OC(=O)CN)C(=O)O.[H-].[H-].[H-].[H-].[Mg+2].[Mg+2]. The first-order chi connectivity index (χ1) is 9.64. The van der Waals surface area contributed by atoms with Crippen LogP contribution in [0.1, 0.15) is 18.5 Å². The van der Waals surface area contributed by atoms with Crippen molar-refractivity contribution in [3.8, 4) is 0 Å². The number of carbonyl (C=O) groups excluding carboxylic acids is 4. The van der Waals surface area contributed by atoms with Gasteiger partial charge in [-0.15, -0.1) is 0 Å². The molecule has 0 aliphatic carbocycles. The van der Waals surface area contributed by atoms with Crippen molar-refractivity contribution in [2.45, 2.75) is 18.4 Å². The van der Waals surface area contributed by atoms with Crippen LogP contribution in [0.5, 0.6) is 0 Å². The van der Waals surface area contributed by atoms with Crippen LogP contribution < -0.4 is 11.5 Å². The minimum Gasteiger partial charge on any atom is -1.00 e. The van der Waals surface area contributed by atoms with Crippen LogP contribution >= 0.6 is 0 Å². The number of aliphatic carboxylic acids is 1. The fraction of sp³-hybridized carbons (Fsp3) is 0.500. The summed E-state index contributed by atoms with van der Waals surface area (Å²) in [5.74, 6) is -7.05.